The lowest BCUT2D eigenvalue weighted by Gasteiger charge is -2.08. The summed E-state index contributed by atoms with van der Waals surface area (Å²) in [4.78, 5) is 4.22. The molecule has 0 saturated carbocycles. The van der Waals surface area contributed by atoms with Crippen LogP contribution in [-0.2, 0) is 6.42 Å². The van der Waals surface area contributed by atoms with Crippen LogP contribution in [0.1, 0.15) is 18.2 Å². The average Bonchev–Trinajstić information content (AvgIpc) is 2.92. The first-order chi connectivity index (χ1) is 10.2. The Morgan fingerprint density at radius 3 is 2.71 bits per heavy atom. The molecule has 0 radical (unpaired) electrons. The van der Waals surface area contributed by atoms with Gasteiger partial charge in [-0.05, 0) is 36.8 Å². The van der Waals surface area contributed by atoms with E-state index >= 15 is 0 Å². The molecule has 5 nitrogen and oxygen atoms in total. The SMILES string of the molecule is C=C(O)c1ccc(Oc2ccnc3n[nH]c(CC)c23)cc1. The molecular weight excluding hydrogens is 266 g/mol. The zero-order chi connectivity index (χ0) is 14.8. The number of pyridine rings is 1. The first-order valence-electron chi connectivity index (χ1n) is 6.67. The van der Waals surface area contributed by atoms with Crippen LogP contribution in [0.25, 0.3) is 16.8 Å². The quantitative estimate of drug-likeness (QED) is 0.713. The second-order valence-electron chi connectivity index (χ2n) is 4.64. The van der Waals surface area contributed by atoms with Crippen molar-refractivity contribution in [1.82, 2.24) is 15.2 Å². The van der Waals surface area contributed by atoms with Gasteiger partial charge in [0, 0.05) is 17.5 Å². The van der Waals surface area contributed by atoms with Gasteiger partial charge in [0.1, 0.15) is 17.3 Å². The van der Waals surface area contributed by atoms with E-state index in [1.54, 1.807) is 30.5 Å². The van der Waals surface area contributed by atoms with E-state index in [0.29, 0.717) is 22.7 Å². The van der Waals surface area contributed by atoms with Crippen LogP contribution in [0.15, 0.2) is 43.1 Å². The molecule has 21 heavy (non-hydrogen) atoms. The van der Waals surface area contributed by atoms with E-state index in [0.717, 1.165) is 17.5 Å². The molecule has 0 amide bonds. The number of aromatic nitrogens is 3. The third-order valence-corrected chi connectivity index (χ3v) is 3.26. The Labute approximate surface area is 121 Å². The largest absolute Gasteiger partial charge is 0.508 e. The van der Waals surface area contributed by atoms with Crippen molar-refractivity contribution < 1.29 is 9.84 Å². The van der Waals surface area contributed by atoms with Crippen molar-refractivity contribution >= 4 is 16.8 Å². The highest BCUT2D eigenvalue weighted by Gasteiger charge is 2.11. The predicted molar refractivity (Wildman–Crippen MR) is 81.4 cm³/mol. The highest BCUT2D eigenvalue weighted by molar-refractivity contribution is 5.84. The minimum atomic E-state index is 0.0379. The lowest BCUT2D eigenvalue weighted by Crippen LogP contribution is -1.89. The second-order valence-corrected chi connectivity index (χ2v) is 4.64. The Bertz CT molecular complexity index is 791. The molecule has 0 aliphatic rings. The summed E-state index contributed by atoms with van der Waals surface area (Å²) in [5.41, 5.74) is 2.30. The van der Waals surface area contributed by atoms with E-state index < -0.39 is 0 Å². The number of benzene rings is 1. The van der Waals surface area contributed by atoms with Crippen molar-refractivity contribution in [2.75, 3.05) is 0 Å². The maximum Gasteiger partial charge on any atom is 0.184 e. The molecule has 0 unspecified atom stereocenters. The fraction of sp³-hybridized carbons (Fsp3) is 0.125. The van der Waals surface area contributed by atoms with Crippen molar-refractivity contribution in [3.05, 3.63) is 54.4 Å². The van der Waals surface area contributed by atoms with Crippen LogP contribution in [0.3, 0.4) is 0 Å². The molecule has 0 spiro atoms. The van der Waals surface area contributed by atoms with Crippen LogP contribution in [0.2, 0.25) is 0 Å². The Hall–Kier alpha value is -2.82. The van der Waals surface area contributed by atoms with Gasteiger partial charge in [0.25, 0.3) is 0 Å². The highest BCUT2D eigenvalue weighted by atomic mass is 16.5. The number of fused-ring (bicyclic) bond motifs is 1. The molecule has 1 aromatic carbocycles. The summed E-state index contributed by atoms with van der Waals surface area (Å²) in [6, 6.07) is 8.90. The van der Waals surface area contributed by atoms with E-state index in [-0.39, 0.29) is 5.76 Å². The second kappa shape index (κ2) is 5.28. The Balaban J connectivity index is 1.97. The van der Waals surface area contributed by atoms with E-state index in [1.807, 2.05) is 13.0 Å². The Kier molecular flexibility index (Phi) is 3.31. The van der Waals surface area contributed by atoms with E-state index in [4.69, 9.17) is 4.74 Å². The summed E-state index contributed by atoms with van der Waals surface area (Å²) in [5, 5.41) is 17.4. The number of hydrogen-bond donors (Lipinski definition) is 2. The molecular formula is C16H15N3O2. The standard InChI is InChI=1S/C16H15N3O2/c1-3-13-15-14(8-9-17-16(15)19-18-13)21-12-6-4-11(5-7-12)10(2)20/h4-9,20H,2-3H2,1H3,(H,17,18,19). The zero-order valence-corrected chi connectivity index (χ0v) is 11.6. The summed E-state index contributed by atoms with van der Waals surface area (Å²) in [5.74, 6) is 1.42. The van der Waals surface area contributed by atoms with Gasteiger partial charge in [-0.1, -0.05) is 13.5 Å². The van der Waals surface area contributed by atoms with Gasteiger partial charge in [-0.2, -0.15) is 5.10 Å². The summed E-state index contributed by atoms with van der Waals surface area (Å²) in [7, 11) is 0. The fourth-order valence-corrected chi connectivity index (χ4v) is 2.16. The molecule has 0 aliphatic carbocycles. The molecule has 0 aliphatic heterocycles. The van der Waals surface area contributed by atoms with Crippen LogP contribution in [0, 0.1) is 0 Å². The van der Waals surface area contributed by atoms with Crippen LogP contribution in [0.5, 0.6) is 11.5 Å². The topological polar surface area (TPSA) is 71.0 Å². The van der Waals surface area contributed by atoms with Crippen LogP contribution < -0.4 is 4.74 Å². The number of hydrogen-bond acceptors (Lipinski definition) is 4. The smallest absolute Gasteiger partial charge is 0.184 e. The number of nitrogens with zero attached hydrogens (tertiary/aromatic N) is 2. The first kappa shape index (κ1) is 13.2. The first-order valence-corrected chi connectivity index (χ1v) is 6.67. The van der Waals surface area contributed by atoms with Crippen molar-refractivity contribution in [3.8, 4) is 11.5 Å². The normalized spacial score (nSPS) is 10.7. The van der Waals surface area contributed by atoms with Crippen molar-refractivity contribution in [2.24, 2.45) is 0 Å². The van der Waals surface area contributed by atoms with Gasteiger partial charge in [-0.3, -0.25) is 5.10 Å². The molecule has 106 valence electrons. The van der Waals surface area contributed by atoms with Crippen molar-refractivity contribution in [3.63, 3.8) is 0 Å². The van der Waals surface area contributed by atoms with Gasteiger partial charge < -0.3 is 9.84 Å². The van der Waals surface area contributed by atoms with E-state index in [9.17, 15) is 5.11 Å². The van der Waals surface area contributed by atoms with Crippen LogP contribution in [-0.4, -0.2) is 20.3 Å². The number of aryl methyl sites for hydroxylation is 1. The number of H-pyrrole nitrogens is 1. The summed E-state index contributed by atoms with van der Waals surface area (Å²) in [6.07, 6.45) is 2.49. The molecule has 2 N–H and O–H groups in total. The van der Waals surface area contributed by atoms with Gasteiger partial charge in [-0.25, -0.2) is 4.98 Å². The van der Waals surface area contributed by atoms with Gasteiger partial charge in [-0.15, -0.1) is 0 Å². The minimum Gasteiger partial charge on any atom is -0.508 e. The summed E-state index contributed by atoms with van der Waals surface area (Å²) < 4.78 is 5.92. The Morgan fingerprint density at radius 2 is 2.05 bits per heavy atom. The third kappa shape index (κ3) is 2.45. The van der Waals surface area contributed by atoms with E-state index in [1.165, 1.54) is 0 Å². The number of aliphatic hydroxyl groups is 1. The molecule has 0 fully saturated rings. The zero-order valence-electron chi connectivity index (χ0n) is 11.6. The van der Waals surface area contributed by atoms with Gasteiger partial charge in [0.05, 0.1) is 5.39 Å². The van der Waals surface area contributed by atoms with Crippen molar-refractivity contribution in [2.45, 2.75) is 13.3 Å². The van der Waals surface area contributed by atoms with Crippen LogP contribution >= 0.6 is 0 Å². The van der Waals surface area contributed by atoms with Gasteiger partial charge in [0.15, 0.2) is 5.65 Å². The van der Waals surface area contributed by atoms with Gasteiger partial charge >= 0.3 is 0 Å². The fourth-order valence-electron chi connectivity index (χ4n) is 2.16. The lowest BCUT2D eigenvalue weighted by atomic mass is 10.2. The number of rotatable bonds is 4. The maximum atomic E-state index is 9.33. The molecule has 2 aromatic heterocycles. The molecule has 0 atom stereocenters. The third-order valence-electron chi connectivity index (χ3n) is 3.26. The predicted octanol–water partition coefficient (Wildman–Crippen LogP) is 3.84. The summed E-state index contributed by atoms with van der Waals surface area (Å²) >= 11 is 0. The summed E-state index contributed by atoms with van der Waals surface area (Å²) in [6.45, 7) is 5.54. The number of aliphatic hydroxyl groups excluding tert-OH is 1. The molecule has 2 heterocycles. The monoisotopic (exact) mass is 281 g/mol. The lowest BCUT2D eigenvalue weighted by molar-refractivity contribution is 0.487. The number of nitrogens with one attached hydrogen (secondary N) is 1. The number of ether oxygens (including phenoxy) is 1. The minimum absolute atomic E-state index is 0.0379. The van der Waals surface area contributed by atoms with E-state index in [2.05, 4.69) is 21.8 Å². The average molecular weight is 281 g/mol. The van der Waals surface area contributed by atoms with Crippen molar-refractivity contribution in [1.29, 1.82) is 0 Å². The molecule has 0 bridgehead atoms. The molecule has 3 rings (SSSR count). The molecule has 3 aromatic rings. The Morgan fingerprint density at radius 1 is 1.29 bits per heavy atom. The number of aromatic amines is 1. The van der Waals surface area contributed by atoms with Gasteiger partial charge in [0.2, 0.25) is 0 Å². The molecule has 5 heteroatoms. The maximum absolute atomic E-state index is 9.33. The molecule has 0 saturated heterocycles. The van der Waals surface area contributed by atoms with Crippen LogP contribution in [0.4, 0.5) is 0 Å². The highest BCUT2D eigenvalue weighted by Crippen LogP contribution is 2.30.